The van der Waals surface area contributed by atoms with Crippen molar-refractivity contribution in [2.24, 2.45) is 12.8 Å². The van der Waals surface area contributed by atoms with Crippen LogP contribution in [0, 0.1) is 6.92 Å². The van der Waals surface area contributed by atoms with Gasteiger partial charge in [-0.25, -0.2) is 0 Å². The first-order valence-electron chi connectivity index (χ1n) is 4.91. The molecule has 0 fully saturated rings. The van der Waals surface area contributed by atoms with Crippen molar-refractivity contribution in [3.8, 4) is 0 Å². The van der Waals surface area contributed by atoms with E-state index < -0.39 is 0 Å². The lowest BCUT2D eigenvalue weighted by Crippen LogP contribution is -2.42. The van der Waals surface area contributed by atoms with Gasteiger partial charge in [0, 0.05) is 20.3 Å². The Morgan fingerprint density at radius 3 is 2.62 bits per heavy atom. The van der Waals surface area contributed by atoms with Gasteiger partial charge in [-0.15, -0.1) is 0 Å². The van der Waals surface area contributed by atoms with Gasteiger partial charge < -0.3 is 10.6 Å². The van der Waals surface area contributed by atoms with E-state index in [0.717, 1.165) is 0 Å². The molecule has 0 aromatic carbocycles. The quantitative estimate of drug-likeness (QED) is 0.780. The lowest BCUT2D eigenvalue weighted by atomic mass is 10.2. The van der Waals surface area contributed by atoms with E-state index in [1.54, 1.807) is 38.8 Å². The molecule has 0 saturated carbocycles. The SMILES string of the molecule is Cc1nn(C)cc1C(=O)N(C)C(C)C(N)=S. The molecule has 0 aliphatic rings. The summed E-state index contributed by atoms with van der Waals surface area (Å²) in [5.41, 5.74) is 6.79. The van der Waals surface area contributed by atoms with Crippen LogP contribution in [0.2, 0.25) is 0 Å². The van der Waals surface area contributed by atoms with Crippen LogP contribution in [0.1, 0.15) is 23.0 Å². The zero-order chi connectivity index (χ0) is 12.5. The number of rotatable bonds is 3. The monoisotopic (exact) mass is 240 g/mol. The van der Waals surface area contributed by atoms with E-state index in [0.29, 0.717) is 16.2 Å². The molecule has 1 aromatic rings. The molecule has 0 radical (unpaired) electrons. The molecule has 1 heterocycles. The predicted octanol–water partition coefficient (Wildman–Crippen LogP) is 0.475. The fourth-order valence-corrected chi connectivity index (χ4v) is 1.52. The molecule has 6 heteroatoms. The second-order valence-electron chi connectivity index (χ2n) is 3.80. The van der Waals surface area contributed by atoms with Gasteiger partial charge in [0.2, 0.25) is 0 Å². The Morgan fingerprint density at radius 2 is 2.25 bits per heavy atom. The molecular weight excluding hydrogens is 224 g/mol. The van der Waals surface area contributed by atoms with Crippen molar-refractivity contribution in [1.29, 1.82) is 0 Å². The van der Waals surface area contributed by atoms with Crippen molar-refractivity contribution < 1.29 is 4.79 Å². The van der Waals surface area contributed by atoms with Crippen molar-refractivity contribution in [3.05, 3.63) is 17.5 Å². The number of aryl methyl sites for hydroxylation is 2. The van der Waals surface area contributed by atoms with Gasteiger partial charge in [-0.05, 0) is 13.8 Å². The summed E-state index contributed by atoms with van der Waals surface area (Å²) in [6.45, 7) is 3.60. The minimum Gasteiger partial charge on any atom is -0.392 e. The highest BCUT2D eigenvalue weighted by Crippen LogP contribution is 2.10. The standard InChI is InChI=1S/C10H16N4OS/c1-6-8(5-13(3)12-6)10(15)14(4)7(2)9(11)16/h5,7H,1-4H3,(H2,11,16). The second-order valence-corrected chi connectivity index (χ2v) is 4.27. The van der Waals surface area contributed by atoms with Crippen LogP contribution >= 0.6 is 12.2 Å². The van der Waals surface area contributed by atoms with Gasteiger partial charge >= 0.3 is 0 Å². The van der Waals surface area contributed by atoms with Gasteiger partial charge in [-0.1, -0.05) is 12.2 Å². The Labute approximate surface area is 100 Å². The molecule has 0 aliphatic carbocycles. The third-order valence-electron chi connectivity index (χ3n) is 2.56. The molecule has 88 valence electrons. The van der Waals surface area contributed by atoms with Crippen LogP contribution in [0.5, 0.6) is 0 Å². The third-order valence-corrected chi connectivity index (χ3v) is 2.90. The molecule has 16 heavy (non-hydrogen) atoms. The van der Waals surface area contributed by atoms with Crippen molar-refractivity contribution in [2.45, 2.75) is 19.9 Å². The molecule has 1 rings (SSSR count). The predicted molar refractivity (Wildman–Crippen MR) is 66.3 cm³/mol. The number of nitrogens with two attached hydrogens (primary N) is 1. The summed E-state index contributed by atoms with van der Waals surface area (Å²) in [5, 5.41) is 4.12. The van der Waals surface area contributed by atoms with E-state index in [1.165, 1.54) is 4.90 Å². The van der Waals surface area contributed by atoms with Gasteiger partial charge in [0.1, 0.15) is 0 Å². The third kappa shape index (κ3) is 2.38. The Bertz CT molecular complexity index is 426. The summed E-state index contributed by atoms with van der Waals surface area (Å²) in [7, 11) is 3.46. The molecule has 0 bridgehead atoms. The first-order valence-corrected chi connectivity index (χ1v) is 5.32. The summed E-state index contributed by atoms with van der Waals surface area (Å²) < 4.78 is 1.61. The average molecular weight is 240 g/mol. The number of thiocarbonyl (C=S) groups is 1. The zero-order valence-electron chi connectivity index (χ0n) is 9.89. The lowest BCUT2D eigenvalue weighted by molar-refractivity contribution is 0.0778. The van der Waals surface area contributed by atoms with Crippen molar-refractivity contribution in [3.63, 3.8) is 0 Å². The lowest BCUT2D eigenvalue weighted by Gasteiger charge is -2.23. The number of likely N-dealkylation sites (N-methyl/N-ethyl adjacent to an activating group) is 1. The number of carbonyl (C=O) groups is 1. The highest BCUT2D eigenvalue weighted by atomic mass is 32.1. The number of aromatic nitrogens is 2. The van der Waals surface area contributed by atoms with Gasteiger partial charge in [0.25, 0.3) is 5.91 Å². The molecule has 0 saturated heterocycles. The first-order chi connectivity index (χ1) is 7.34. The molecule has 5 nitrogen and oxygen atoms in total. The Hall–Kier alpha value is -1.43. The summed E-state index contributed by atoms with van der Waals surface area (Å²) >= 11 is 4.86. The van der Waals surface area contributed by atoms with Gasteiger partial charge in [0.05, 0.1) is 22.3 Å². The summed E-state index contributed by atoms with van der Waals surface area (Å²) in [4.78, 5) is 13.9. The summed E-state index contributed by atoms with van der Waals surface area (Å²) in [6, 6.07) is -0.262. The number of hydrogen-bond acceptors (Lipinski definition) is 3. The number of hydrogen-bond donors (Lipinski definition) is 1. The van der Waals surface area contributed by atoms with Crippen LogP contribution in [0.3, 0.4) is 0 Å². The summed E-state index contributed by atoms with van der Waals surface area (Å²) in [5.74, 6) is -0.120. The Kier molecular flexibility index (Phi) is 3.64. The molecule has 1 atom stereocenters. The van der Waals surface area contributed by atoms with E-state index in [-0.39, 0.29) is 11.9 Å². The zero-order valence-corrected chi connectivity index (χ0v) is 10.7. The van der Waals surface area contributed by atoms with Crippen LogP contribution in [0.15, 0.2) is 6.20 Å². The van der Waals surface area contributed by atoms with Gasteiger partial charge in [-0.2, -0.15) is 5.10 Å². The average Bonchev–Trinajstić information content (AvgIpc) is 2.54. The number of carbonyl (C=O) groups excluding carboxylic acids is 1. The van der Waals surface area contributed by atoms with E-state index in [1.807, 2.05) is 0 Å². The van der Waals surface area contributed by atoms with Crippen molar-refractivity contribution in [1.82, 2.24) is 14.7 Å². The Morgan fingerprint density at radius 1 is 1.69 bits per heavy atom. The molecule has 1 unspecified atom stereocenters. The van der Waals surface area contributed by atoms with Crippen LogP contribution in [0.25, 0.3) is 0 Å². The molecule has 1 aromatic heterocycles. The highest BCUT2D eigenvalue weighted by Gasteiger charge is 2.22. The Balaban J connectivity index is 2.94. The fraction of sp³-hybridized carbons (Fsp3) is 0.500. The normalized spacial score (nSPS) is 12.2. The second kappa shape index (κ2) is 4.61. The molecule has 1 amide bonds. The van der Waals surface area contributed by atoms with Crippen LogP contribution in [0.4, 0.5) is 0 Å². The summed E-state index contributed by atoms with van der Waals surface area (Å²) in [6.07, 6.45) is 1.69. The van der Waals surface area contributed by atoms with Crippen molar-refractivity contribution >= 4 is 23.1 Å². The van der Waals surface area contributed by atoms with E-state index in [2.05, 4.69) is 5.10 Å². The molecular formula is C10H16N4OS. The van der Waals surface area contributed by atoms with Gasteiger partial charge in [-0.3, -0.25) is 9.48 Å². The molecule has 0 aliphatic heterocycles. The fourth-order valence-electron chi connectivity index (χ4n) is 1.37. The van der Waals surface area contributed by atoms with Crippen molar-refractivity contribution in [2.75, 3.05) is 7.05 Å². The highest BCUT2D eigenvalue weighted by molar-refractivity contribution is 7.80. The minimum absolute atomic E-state index is 0.120. The maximum absolute atomic E-state index is 12.1. The maximum Gasteiger partial charge on any atom is 0.257 e. The minimum atomic E-state index is -0.262. The largest absolute Gasteiger partial charge is 0.392 e. The van der Waals surface area contributed by atoms with Crippen LogP contribution in [-0.4, -0.2) is 38.7 Å². The van der Waals surface area contributed by atoms with Crippen LogP contribution in [-0.2, 0) is 7.05 Å². The smallest absolute Gasteiger partial charge is 0.257 e. The topological polar surface area (TPSA) is 64.2 Å². The molecule has 2 N–H and O–H groups in total. The first kappa shape index (κ1) is 12.6. The van der Waals surface area contributed by atoms with Crippen LogP contribution < -0.4 is 5.73 Å². The number of amides is 1. The van der Waals surface area contributed by atoms with Gasteiger partial charge in [0.15, 0.2) is 0 Å². The van der Waals surface area contributed by atoms with E-state index in [9.17, 15) is 4.79 Å². The number of nitrogens with zero attached hydrogens (tertiary/aromatic N) is 3. The van der Waals surface area contributed by atoms with E-state index in [4.69, 9.17) is 18.0 Å². The molecule has 0 spiro atoms. The van der Waals surface area contributed by atoms with E-state index >= 15 is 0 Å². The maximum atomic E-state index is 12.1.